The van der Waals surface area contributed by atoms with Gasteiger partial charge in [0.15, 0.2) is 11.5 Å². The van der Waals surface area contributed by atoms with Gasteiger partial charge in [-0.3, -0.25) is 0 Å². The average molecular weight is 409 g/mol. The van der Waals surface area contributed by atoms with Gasteiger partial charge in [-0.2, -0.15) is 0 Å². The maximum absolute atomic E-state index is 13.8. The molecule has 148 valence electrons. The summed E-state index contributed by atoms with van der Waals surface area (Å²) in [6.45, 7) is 0. The molecule has 1 N–H and O–H groups in total. The molecule has 0 spiro atoms. The summed E-state index contributed by atoms with van der Waals surface area (Å²) in [7, 11) is 4.76. The van der Waals surface area contributed by atoms with Crippen LogP contribution in [0.15, 0.2) is 70.5 Å². The van der Waals surface area contributed by atoms with E-state index in [2.05, 4.69) is 4.98 Å². The van der Waals surface area contributed by atoms with E-state index in [4.69, 9.17) is 14.2 Å². The Kier molecular flexibility index (Phi) is 5.36. The highest BCUT2D eigenvalue weighted by molar-refractivity contribution is 7.99. The molecule has 0 bridgehead atoms. The number of hydrogen-bond donors (Lipinski definition) is 1. The molecule has 29 heavy (non-hydrogen) atoms. The minimum absolute atomic E-state index is 0.275. The quantitative estimate of drug-likeness (QED) is 0.415. The van der Waals surface area contributed by atoms with Crippen molar-refractivity contribution >= 4 is 22.7 Å². The fourth-order valence-corrected chi connectivity index (χ4v) is 4.42. The molecular weight excluding hydrogens is 389 g/mol. The number of hydrogen-bond acceptors (Lipinski definition) is 4. The van der Waals surface area contributed by atoms with Crippen molar-refractivity contribution in [2.75, 3.05) is 21.3 Å². The topological polar surface area (TPSA) is 43.5 Å². The van der Waals surface area contributed by atoms with Gasteiger partial charge < -0.3 is 19.2 Å². The van der Waals surface area contributed by atoms with Gasteiger partial charge in [0, 0.05) is 20.7 Å². The third-order valence-corrected chi connectivity index (χ3v) is 5.73. The van der Waals surface area contributed by atoms with Crippen LogP contribution in [0.4, 0.5) is 4.39 Å². The molecule has 4 aromatic rings. The Hall–Kier alpha value is -3.12. The third kappa shape index (κ3) is 3.63. The van der Waals surface area contributed by atoms with E-state index in [9.17, 15) is 4.39 Å². The van der Waals surface area contributed by atoms with Gasteiger partial charge in [0.05, 0.1) is 27.0 Å². The van der Waals surface area contributed by atoms with Crippen LogP contribution in [-0.2, 0) is 0 Å². The van der Waals surface area contributed by atoms with Gasteiger partial charge in [-0.1, -0.05) is 42.1 Å². The van der Waals surface area contributed by atoms with Gasteiger partial charge in [0.2, 0.25) is 5.75 Å². The molecule has 6 heteroatoms. The molecule has 0 unspecified atom stereocenters. The van der Waals surface area contributed by atoms with E-state index >= 15 is 0 Å². The van der Waals surface area contributed by atoms with E-state index in [0.717, 1.165) is 32.0 Å². The first-order valence-electron chi connectivity index (χ1n) is 8.99. The van der Waals surface area contributed by atoms with E-state index in [1.165, 1.54) is 12.1 Å². The molecule has 4 nitrogen and oxygen atoms in total. The molecule has 4 rings (SSSR count). The molecule has 0 radical (unpaired) electrons. The molecule has 0 atom stereocenters. The first-order valence-corrected chi connectivity index (χ1v) is 9.80. The predicted octanol–water partition coefficient (Wildman–Crippen LogP) is 6.15. The zero-order valence-corrected chi connectivity index (χ0v) is 17.1. The zero-order valence-electron chi connectivity index (χ0n) is 16.3. The average Bonchev–Trinajstić information content (AvgIpc) is 3.10. The second kappa shape index (κ2) is 8.09. The number of H-pyrrole nitrogens is 1. The molecule has 0 saturated heterocycles. The molecule has 0 aliphatic heterocycles. The molecule has 3 aromatic carbocycles. The number of fused-ring (bicyclic) bond motifs is 1. The number of aromatic nitrogens is 1. The fraction of sp³-hybridized carbons (Fsp3) is 0.130. The lowest BCUT2D eigenvalue weighted by atomic mass is 10.1. The lowest BCUT2D eigenvalue weighted by Crippen LogP contribution is -1.95. The van der Waals surface area contributed by atoms with Gasteiger partial charge in [-0.05, 0) is 35.9 Å². The van der Waals surface area contributed by atoms with Crippen molar-refractivity contribution < 1.29 is 18.6 Å². The van der Waals surface area contributed by atoms with Crippen molar-refractivity contribution in [1.82, 2.24) is 4.98 Å². The highest BCUT2D eigenvalue weighted by atomic mass is 32.2. The van der Waals surface area contributed by atoms with Gasteiger partial charge in [-0.25, -0.2) is 4.39 Å². The van der Waals surface area contributed by atoms with Crippen LogP contribution >= 0.6 is 11.8 Å². The second-order valence-electron chi connectivity index (χ2n) is 6.35. The standard InChI is InChI=1S/C23H20FNO3S/c1-26-19-12-16(13-20(27-2)22(19)28-3)29-23-17-10-9-15(24)11-18(17)25-21(23)14-7-5-4-6-8-14/h4-13,25H,1-3H3. The third-order valence-electron chi connectivity index (χ3n) is 4.63. The Morgan fingerprint density at radius 1 is 0.828 bits per heavy atom. The first kappa shape index (κ1) is 19.2. The number of halogens is 1. The van der Waals surface area contributed by atoms with Crippen LogP contribution in [-0.4, -0.2) is 26.3 Å². The molecule has 0 aliphatic rings. The summed E-state index contributed by atoms with van der Waals surface area (Å²) in [6, 6.07) is 18.6. The smallest absolute Gasteiger partial charge is 0.203 e. The first-order chi connectivity index (χ1) is 14.1. The predicted molar refractivity (Wildman–Crippen MR) is 114 cm³/mol. The molecule has 0 fully saturated rings. The number of ether oxygens (including phenoxy) is 3. The number of aromatic amines is 1. The molecule has 0 amide bonds. The van der Waals surface area contributed by atoms with Crippen molar-refractivity contribution in [3.8, 4) is 28.5 Å². The fourth-order valence-electron chi connectivity index (χ4n) is 3.29. The number of nitrogens with one attached hydrogen (secondary N) is 1. The second-order valence-corrected chi connectivity index (χ2v) is 7.43. The lowest BCUT2D eigenvalue weighted by Gasteiger charge is -2.14. The summed E-state index contributed by atoms with van der Waals surface area (Å²) in [5.74, 6) is 1.44. The van der Waals surface area contributed by atoms with E-state index in [1.807, 2.05) is 42.5 Å². The summed E-state index contributed by atoms with van der Waals surface area (Å²) >= 11 is 1.56. The molecule has 0 saturated carbocycles. The summed E-state index contributed by atoms with van der Waals surface area (Å²) in [5.41, 5.74) is 2.71. The summed E-state index contributed by atoms with van der Waals surface area (Å²) in [6.07, 6.45) is 0. The Bertz CT molecular complexity index is 1130. The van der Waals surface area contributed by atoms with Crippen LogP contribution in [0.5, 0.6) is 17.2 Å². The van der Waals surface area contributed by atoms with E-state index in [0.29, 0.717) is 17.2 Å². The Balaban J connectivity index is 1.88. The largest absolute Gasteiger partial charge is 0.493 e. The van der Waals surface area contributed by atoms with Crippen LogP contribution in [0.2, 0.25) is 0 Å². The normalized spacial score (nSPS) is 10.9. The van der Waals surface area contributed by atoms with Crippen molar-refractivity contribution in [2.45, 2.75) is 9.79 Å². The van der Waals surface area contributed by atoms with E-state index in [1.54, 1.807) is 39.2 Å². The Morgan fingerprint density at radius 3 is 2.14 bits per heavy atom. The van der Waals surface area contributed by atoms with Gasteiger partial charge in [-0.15, -0.1) is 0 Å². The maximum Gasteiger partial charge on any atom is 0.203 e. The molecular formula is C23H20FNO3S. The molecule has 1 heterocycles. The minimum atomic E-state index is -0.275. The van der Waals surface area contributed by atoms with Crippen molar-refractivity contribution in [3.63, 3.8) is 0 Å². The number of benzene rings is 3. The molecule has 1 aromatic heterocycles. The zero-order chi connectivity index (χ0) is 20.4. The summed E-state index contributed by atoms with van der Waals surface area (Å²) < 4.78 is 30.2. The lowest BCUT2D eigenvalue weighted by molar-refractivity contribution is 0.323. The van der Waals surface area contributed by atoms with Gasteiger partial charge >= 0.3 is 0 Å². The Labute approximate surface area is 172 Å². The minimum Gasteiger partial charge on any atom is -0.493 e. The monoisotopic (exact) mass is 409 g/mol. The molecule has 0 aliphatic carbocycles. The highest BCUT2D eigenvalue weighted by Crippen LogP contribution is 2.46. The van der Waals surface area contributed by atoms with Gasteiger partial charge in [0.1, 0.15) is 5.82 Å². The maximum atomic E-state index is 13.8. The van der Waals surface area contributed by atoms with Crippen molar-refractivity contribution in [3.05, 3.63) is 66.5 Å². The van der Waals surface area contributed by atoms with Crippen LogP contribution in [0.3, 0.4) is 0 Å². The highest BCUT2D eigenvalue weighted by Gasteiger charge is 2.18. The van der Waals surface area contributed by atoms with Crippen LogP contribution in [0.25, 0.3) is 22.2 Å². The van der Waals surface area contributed by atoms with E-state index < -0.39 is 0 Å². The van der Waals surface area contributed by atoms with Crippen LogP contribution in [0, 0.1) is 5.82 Å². The Morgan fingerprint density at radius 2 is 1.52 bits per heavy atom. The SMILES string of the molecule is COc1cc(Sc2c(-c3ccccc3)[nH]c3cc(F)ccc23)cc(OC)c1OC. The van der Waals surface area contributed by atoms with Crippen molar-refractivity contribution in [1.29, 1.82) is 0 Å². The summed E-state index contributed by atoms with van der Waals surface area (Å²) in [4.78, 5) is 5.29. The van der Waals surface area contributed by atoms with E-state index in [-0.39, 0.29) is 5.82 Å². The number of methoxy groups -OCH3 is 3. The number of rotatable bonds is 6. The van der Waals surface area contributed by atoms with Crippen LogP contribution < -0.4 is 14.2 Å². The summed E-state index contributed by atoms with van der Waals surface area (Å²) in [5, 5.41) is 0.948. The van der Waals surface area contributed by atoms with Gasteiger partial charge in [0.25, 0.3) is 0 Å². The van der Waals surface area contributed by atoms with Crippen molar-refractivity contribution in [2.24, 2.45) is 0 Å². The van der Waals surface area contributed by atoms with Crippen LogP contribution in [0.1, 0.15) is 0 Å².